The summed E-state index contributed by atoms with van der Waals surface area (Å²) in [6, 6.07) is 3.30. The Balaban J connectivity index is 2.48. The number of rotatable bonds is 5. The first-order valence-corrected chi connectivity index (χ1v) is 6.11. The fraction of sp³-hybridized carbons (Fsp3) is 0.385. The van der Waals surface area contributed by atoms with Crippen molar-refractivity contribution in [1.29, 1.82) is 0 Å². The average Bonchev–Trinajstić information content (AvgIpc) is 2.82. The molecule has 0 saturated carbocycles. The lowest BCUT2D eigenvalue weighted by Crippen LogP contribution is -2.05. The summed E-state index contributed by atoms with van der Waals surface area (Å²) in [5.41, 5.74) is 2.17. The van der Waals surface area contributed by atoms with Crippen LogP contribution < -0.4 is 4.74 Å². The second-order valence-corrected chi connectivity index (χ2v) is 3.94. The summed E-state index contributed by atoms with van der Waals surface area (Å²) >= 11 is 0. The van der Waals surface area contributed by atoms with Gasteiger partial charge in [-0.3, -0.25) is 9.67 Å². The maximum absolute atomic E-state index is 12.4. The van der Waals surface area contributed by atoms with E-state index in [9.17, 15) is 8.78 Å². The Morgan fingerprint density at radius 1 is 1.37 bits per heavy atom. The van der Waals surface area contributed by atoms with Crippen LogP contribution in [0.25, 0.3) is 11.3 Å². The van der Waals surface area contributed by atoms with E-state index in [1.54, 1.807) is 4.68 Å². The molecule has 4 nitrogen and oxygen atoms in total. The van der Waals surface area contributed by atoms with Crippen LogP contribution in [0.3, 0.4) is 0 Å². The largest absolute Gasteiger partial charge is 0.434 e. The number of alkyl halides is 2. The molecule has 6 heteroatoms. The van der Waals surface area contributed by atoms with E-state index >= 15 is 0 Å². The summed E-state index contributed by atoms with van der Waals surface area (Å²) in [5.74, 6) is 0.113. The Hall–Kier alpha value is -1.98. The molecule has 0 aromatic carbocycles. The second-order valence-electron chi connectivity index (χ2n) is 3.94. The molecule has 0 unspecified atom stereocenters. The van der Waals surface area contributed by atoms with Crippen molar-refractivity contribution in [3.05, 3.63) is 30.2 Å². The van der Waals surface area contributed by atoms with Crippen molar-refractivity contribution >= 4 is 0 Å². The van der Waals surface area contributed by atoms with Crippen LogP contribution >= 0.6 is 0 Å². The number of hydrogen-bond donors (Lipinski definition) is 0. The Morgan fingerprint density at radius 2 is 2.16 bits per heavy atom. The number of ether oxygens (including phenoxy) is 1. The van der Waals surface area contributed by atoms with Gasteiger partial charge in [0, 0.05) is 18.9 Å². The van der Waals surface area contributed by atoms with E-state index in [0.717, 1.165) is 17.8 Å². The Kier molecular flexibility index (Phi) is 4.09. The minimum absolute atomic E-state index is 0.113. The number of aryl methyl sites for hydroxylation is 2. The van der Waals surface area contributed by atoms with Gasteiger partial charge in [-0.1, -0.05) is 6.92 Å². The molecule has 0 bridgehead atoms. The van der Waals surface area contributed by atoms with Crippen LogP contribution in [0.5, 0.6) is 5.75 Å². The highest BCUT2D eigenvalue weighted by Crippen LogP contribution is 2.30. The van der Waals surface area contributed by atoms with Crippen LogP contribution in [0.1, 0.15) is 19.5 Å². The third-order valence-corrected chi connectivity index (χ3v) is 2.77. The summed E-state index contributed by atoms with van der Waals surface area (Å²) in [6.45, 7) is 1.73. The van der Waals surface area contributed by atoms with Crippen LogP contribution in [0.15, 0.2) is 24.5 Å². The van der Waals surface area contributed by atoms with Crippen LogP contribution in [-0.2, 0) is 13.0 Å². The third kappa shape index (κ3) is 2.89. The highest BCUT2D eigenvalue weighted by atomic mass is 19.3. The SMILES string of the molecule is CCc1cc(-c2cnccc2OC(F)F)n(CC)n1. The van der Waals surface area contributed by atoms with Gasteiger partial charge in [0.05, 0.1) is 17.0 Å². The van der Waals surface area contributed by atoms with Crippen molar-refractivity contribution in [1.82, 2.24) is 14.8 Å². The minimum atomic E-state index is -2.86. The van der Waals surface area contributed by atoms with Crippen molar-refractivity contribution in [2.75, 3.05) is 0 Å². The number of pyridine rings is 1. The van der Waals surface area contributed by atoms with E-state index in [4.69, 9.17) is 0 Å². The lowest BCUT2D eigenvalue weighted by atomic mass is 10.1. The van der Waals surface area contributed by atoms with E-state index in [-0.39, 0.29) is 5.75 Å². The average molecular weight is 267 g/mol. The quantitative estimate of drug-likeness (QED) is 0.835. The minimum Gasteiger partial charge on any atom is -0.434 e. The van der Waals surface area contributed by atoms with E-state index in [0.29, 0.717) is 12.1 Å². The zero-order chi connectivity index (χ0) is 13.8. The third-order valence-electron chi connectivity index (χ3n) is 2.77. The van der Waals surface area contributed by atoms with E-state index in [1.165, 1.54) is 18.5 Å². The molecule has 19 heavy (non-hydrogen) atoms. The van der Waals surface area contributed by atoms with Gasteiger partial charge in [-0.25, -0.2) is 0 Å². The van der Waals surface area contributed by atoms with E-state index in [2.05, 4.69) is 14.8 Å². The molecule has 0 amide bonds. The summed E-state index contributed by atoms with van der Waals surface area (Å²) in [6.07, 6.45) is 3.72. The molecule has 0 aliphatic rings. The topological polar surface area (TPSA) is 39.9 Å². The first-order valence-electron chi connectivity index (χ1n) is 6.11. The highest BCUT2D eigenvalue weighted by molar-refractivity contribution is 5.66. The van der Waals surface area contributed by atoms with E-state index in [1.807, 2.05) is 19.9 Å². The molecular weight excluding hydrogens is 252 g/mol. The zero-order valence-corrected chi connectivity index (χ0v) is 10.8. The maximum Gasteiger partial charge on any atom is 0.387 e. The fourth-order valence-electron chi connectivity index (χ4n) is 1.87. The lowest BCUT2D eigenvalue weighted by Gasteiger charge is -2.10. The van der Waals surface area contributed by atoms with Gasteiger partial charge in [-0.15, -0.1) is 0 Å². The Labute approximate surface area is 110 Å². The molecule has 2 aromatic rings. The maximum atomic E-state index is 12.4. The summed E-state index contributed by atoms with van der Waals surface area (Å²) in [7, 11) is 0. The van der Waals surface area contributed by atoms with Crippen molar-refractivity contribution in [2.24, 2.45) is 0 Å². The zero-order valence-electron chi connectivity index (χ0n) is 10.8. The van der Waals surface area contributed by atoms with Gasteiger partial charge in [0.2, 0.25) is 0 Å². The van der Waals surface area contributed by atoms with Gasteiger partial charge in [-0.05, 0) is 25.5 Å². The first kappa shape index (κ1) is 13.5. The molecule has 0 saturated heterocycles. The fourth-order valence-corrected chi connectivity index (χ4v) is 1.87. The predicted octanol–water partition coefficient (Wildman–Crippen LogP) is 3.13. The van der Waals surface area contributed by atoms with Crippen LogP contribution in [0.2, 0.25) is 0 Å². The van der Waals surface area contributed by atoms with Gasteiger partial charge >= 0.3 is 6.61 Å². The highest BCUT2D eigenvalue weighted by Gasteiger charge is 2.15. The number of aromatic nitrogens is 3. The monoisotopic (exact) mass is 267 g/mol. The standard InChI is InChI=1S/C13H15F2N3O/c1-3-9-7-11(18(4-2)17-9)10-8-16-6-5-12(10)19-13(14)15/h5-8,13H,3-4H2,1-2H3. The molecule has 0 aliphatic carbocycles. The molecule has 0 atom stereocenters. The smallest absolute Gasteiger partial charge is 0.387 e. The molecule has 0 spiro atoms. The van der Waals surface area contributed by atoms with Crippen LogP contribution in [-0.4, -0.2) is 21.4 Å². The van der Waals surface area contributed by atoms with E-state index < -0.39 is 6.61 Å². The van der Waals surface area contributed by atoms with Gasteiger partial charge in [0.15, 0.2) is 0 Å². The first-order chi connectivity index (χ1) is 9.15. The Morgan fingerprint density at radius 3 is 2.79 bits per heavy atom. The molecule has 0 N–H and O–H groups in total. The summed E-state index contributed by atoms with van der Waals surface area (Å²) in [4.78, 5) is 3.97. The van der Waals surface area contributed by atoms with Crippen LogP contribution in [0, 0.1) is 0 Å². The molecule has 0 radical (unpaired) electrons. The molecule has 102 valence electrons. The summed E-state index contributed by atoms with van der Waals surface area (Å²) < 4.78 is 31.1. The van der Waals surface area contributed by atoms with Crippen molar-refractivity contribution in [3.8, 4) is 17.0 Å². The molecule has 0 fully saturated rings. The van der Waals surface area contributed by atoms with Gasteiger partial charge in [-0.2, -0.15) is 13.9 Å². The van der Waals surface area contributed by atoms with Crippen molar-refractivity contribution < 1.29 is 13.5 Å². The molecular formula is C13H15F2N3O. The number of halogens is 2. The van der Waals surface area contributed by atoms with Crippen LogP contribution in [0.4, 0.5) is 8.78 Å². The van der Waals surface area contributed by atoms with Crippen molar-refractivity contribution in [3.63, 3.8) is 0 Å². The second kappa shape index (κ2) is 5.77. The van der Waals surface area contributed by atoms with Crippen molar-refractivity contribution in [2.45, 2.75) is 33.4 Å². The molecule has 2 heterocycles. The normalized spacial score (nSPS) is 11.0. The Bertz CT molecular complexity index is 555. The van der Waals surface area contributed by atoms with Gasteiger partial charge in [0.25, 0.3) is 0 Å². The molecule has 0 aliphatic heterocycles. The lowest BCUT2D eigenvalue weighted by molar-refractivity contribution is -0.0495. The number of hydrogen-bond acceptors (Lipinski definition) is 3. The van der Waals surface area contributed by atoms with Gasteiger partial charge in [0.1, 0.15) is 5.75 Å². The number of nitrogens with zero attached hydrogens (tertiary/aromatic N) is 3. The molecule has 2 rings (SSSR count). The predicted molar refractivity (Wildman–Crippen MR) is 67.1 cm³/mol. The summed E-state index contributed by atoms with van der Waals surface area (Å²) in [5, 5.41) is 4.39. The van der Waals surface area contributed by atoms with Gasteiger partial charge < -0.3 is 4.74 Å². The molecule has 2 aromatic heterocycles.